The van der Waals surface area contributed by atoms with Crippen LogP contribution < -0.4 is 29.6 Å². The molecule has 0 amide bonds. The van der Waals surface area contributed by atoms with Crippen LogP contribution in [-0.4, -0.2) is 21.3 Å². The first-order valence-electron chi connectivity index (χ1n) is 4.01. The van der Waals surface area contributed by atoms with E-state index in [1.807, 2.05) is 0 Å². The van der Waals surface area contributed by atoms with Crippen LogP contribution in [-0.2, 0) is 11.2 Å². The number of nitrogens with one attached hydrogen (secondary N) is 1. The molecule has 74 valence electrons. The largest absolute Gasteiger partial charge is 1.00 e. The van der Waals surface area contributed by atoms with Crippen LogP contribution in [0.3, 0.4) is 0 Å². The zero-order valence-electron chi connectivity index (χ0n) is 9.12. The van der Waals surface area contributed by atoms with Gasteiger partial charge in [0, 0.05) is 10.4 Å². The Kier molecular flexibility index (Phi) is 4.16. The number of H-pyrrole nitrogens is 1. The van der Waals surface area contributed by atoms with Gasteiger partial charge in [-0.15, -0.1) is 0 Å². The van der Waals surface area contributed by atoms with E-state index in [0.717, 1.165) is 10.9 Å². The maximum Gasteiger partial charge on any atom is 1.00 e. The number of carboxylic acids is 1. The van der Waals surface area contributed by atoms with Gasteiger partial charge in [0.15, 0.2) is 0 Å². The van der Waals surface area contributed by atoms with Gasteiger partial charge in [-0.05, 0) is 18.2 Å². The van der Waals surface area contributed by atoms with Gasteiger partial charge in [0.2, 0.25) is 0 Å². The monoisotopic (exact) mass is 234 g/mol. The summed E-state index contributed by atoms with van der Waals surface area (Å²) < 4.78 is 0. The van der Waals surface area contributed by atoms with Crippen molar-refractivity contribution in [3.05, 3.63) is 28.9 Å². The van der Waals surface area contributed by atoms with Gasteiger partial charge in [-0.3, -0.25) is 9.89 Å². The molecule has 15 heavy (non-hydrogen) atoms. The summed E-state index contributed by atoms with van der Waals surface area (Å²) in [5.41, 5.74) is 1.31. The van der Waals surface area contributed by atoms with Crippen LogP contribution in [0.2, 0.25) is 5.02 Å². The molecular weight excluding hydrogens is 227 g/mol. The van der Waals surface area contributed by atoms with Crippen LogP contribution in [0.15, 0.2) is 18.2 Å². The minimum Gasteiger partial charge on any atom is -1.00 e. The topological polar surface area (TPSA) is 66.0 Å². The first-order chi connectivity index (χ1) is 6.66. The van der Waals surface area contributed by atoms with Crippen molar-refractivity contribution in [2.75, 3.05) is 0 Å². The number of carbonyl (C=O) groups is 1. The van der Waals surface area contributed by atoms with Crippen molar-refractivity contribution < 1.29 is 40.9 Å². The van der Waals surface area contributed by atoms with E-state index in [9.17, 15) is 4.79 Å². The van der Waals surface area contributed by atoms with E-state index in [0.29, 0.717) is 10.7 Å². The molecule has 0 aliphatic carbocycles. The predicted molar refractivity (Wildman–Crippen MR) is 53.6 cm³/mol. The van der Waals surface area contributed by atoms with Crippen molar-refractivity contribution in [3.63, 3.8) is 0 Å². The van der Waals surface area contributed by atoms with E-state index in [1.165, 1.54) is 0 Å². The maximum atomic E-state index is 10.5. The molecule has 2 aromatic rings. The van der Waals surface area contributed by atoms with Crippen molar-refractivity contribution in [3.8, 4) is 0 Å². The van der Waals surface area contributed by atoms with Gasteiger partial charge >= 0.3 is 35.5 Å². The quantitative estimate of drug-likeness (QED) is 0.653. The van der Waals surface area contributed by atoms with Crippen LogP contribution in [0.25, 0.3) is 10.9 Å². The van der Waals surface area contributed by atoms with Crippen molar-refractivity contribution >= 4 is 28.5 Å². The van der Waals surface area contributed by atoms with Gasteiger partial charge in [0.05, 0.1) is 17.6 Å². The third-order valence-electron chi connectivity index (χ3n) is 1.92. The maximum absolute atomic E-state index is 10.5. The van der Waals surface area contributed by atoms with Crippen molar-refractivity contribution in [2.24, 2.45) is 0 Å². The zero-order chi connectivity index (χ0) is 10.1. The van der Waals surface area contributed by atoms with E-state index < -0.39 is 5.97 Å². The van der Waals surface area contributed by atoms with Crippen molar-refractivity contribution in [1.29, 1.82) is 0 Å². The van der Waals surface area contributed by atoms with Gasteiger partial charge in [-0.25, -0.2) is 0 Å². The van der Waals surface area contributed by atoms with Gasteiger partial charge in [-0.1, -0.05) is 11.6 Å². The van der Waals surface area contributed by atoms with E-state index in [-0.39, 0.29) is 37.4 Å². The van der Waals surface area contributed by atoms with E-state index in [1.54, 1.807) is 18.2 Å². The normalized spacial score (nSPS) is 9.93. The Bertz CT molecular complexity index is 503. The molecule has 0 saturated carbocycles. The molecule has 0 spiro atoms. The summed E-state index contributed by atoms with van der Waals surface area (Å²) in [5, 5.41) is 16.6. The number of aliphatic carboxylic acids is 1. The standard InChI is InChI=1S/C9H7ClN2O2.Na.H/c10-5-1-2-7-6(3-5)8(12-11-7)4-9(13)14;;/h1-3H,4H2,(H,11,12)(H,13,14);;/q;+1;-1. The summed E-state index contributed by atoms with van der Waals surface area (Å²) >= 11 is 5.80. The fourth-order valence-corrected chi connectivity index (χ4v) is 1.49. The molecule has 1 aromatic heterocycles. The summed E-state index contributed by atoms with van der Waals surface area (Å²) in [5.74, 6) is -0.893. The summed E-state index contributed by atoms with van der Waals surface area (Å²) in [6, 6.07) is 5.17. The van der Waals surface area contributed by atoms with Gasteiger partial charge in [0.1, 0.15) is 0 Å². The van der Waals surface area contributed by atoms with E-state index in [4.69, 9.17) is 16.7 Å². The molecule has 0 bridgehead atoms. The number of hydrogen-bond donors (Lipinski definition) is 2. The first kappa shape index (κ1) is 12.5. The number of nitrogens with zero attached hydrogens (tertiary/aromatic N) is 1. The van der Waals surface area contributed by atoms with Crippen molar-refractivity contribution in [2.45, 2.75) is 6.42 Å². The molecule has 0 aliphatic rings. The molecule has 2 rings (SSSR count). The fraction of sp³-hybridized carbons (Fsp3) is 0.111. The third-order valence-corrected chi connectivity index (χ3v) is 2.16. The number of carboxylic acid groups (broad SMARTS) is 1. The molecule has 0 aliphatic heterocycles. The Morgan fingerprint density at radius 3 is 3.00 bits per heavy atom. The van der Waals surface area contributed by atoms with E-state index >= 15 is 0 Å². The third kappa shape index (κ3) is 2.72. The summed E-state index contributed by atoms with van der Waals surface area (Å²) in [6.07, 6.45) is -0.0726. The van der Waals surface area contributed by atoms with Crippen LogP contribution in [0, 0.1) is 0 Å². The second-order valence-corrected chi connectivity index (χ2v) is 3.37. The molecule has 0 saturated heterocycles. The van der Waals surface area contributed by atoms with Crippen LogP contribution in [0.1, 0.15) is 7.12 Å². The number of rotatable bonds is 2. The predicted octanol–water partition coefficient (Wildman–Crippen LogP) is -1.04. The molecule has 0 radical (unpaired) electrons. The number of aromatic nitrogens is 2. The van der Waals surface area contributed by atoms with Gasteiger partial charge < -0.3 is 6.53 Å². The first-order valence-corrected chi connectivity index (χ1v) is 4.39. The number of fused-ring (bicyclic) bond motifs is 1. The smallest absolute Gasteiger partial charge is 1.00 e. The molecule has 0 atom stereocenters. The number of benzene rings is 1. The molecular formula is C9H8ClN2NaO2. The molecule has 1 aromatic carbocycles. The molecule has 6 heteroatoms. The minimum atomic E-state index is -0.893. The van der Waals surface area contributed by atoms with Gasteiger partial charge in [0.25, 0.3) is 0 Å². The minimum absolute atomic E-state index is 0. The van der Waals surface area contributed by atoms with Gasteiger partial charge in [-0.2, -0.15) is 5.10 Å². The Balaban J connectivity index is 0.00000112. The summed E-state index contributed by atoms with van der Waals surface area (Å²) in [7, 11) is 0. The SMILES string of the molecule is O=C(O)Cc1[nH]nc2ccc(Cl)cc12.[H-].[Na+]. The Morgan fingerprint density at radius 1 is 1.60 bits per heavy atom. The number of hydrogen-bond acceptors (Lipinski definition) is 2. The average Bonchev–Trinajstić information content (AvgIpc) is 2.47. The van der Waals surface area contributed by atoms with E-state index in [2.05, 4.69) is 10.2 Å². The molecule has 2 N–H and O–H groups in total. The average molecular weight is 235 g/mol. The van der Waals surface area contributed by atoms with Crippen molar-refractivity contribution in [1.82, 2.24) is 10.2 Å². The summed E-state index contributed by atoms with van der Waals surface area (Å²) in [4.78, 5) is 10.5. The molecule has 0 unspecified atom stereocenters. The number of halogens is 1. The van der Waals surface area contributed by atoms with Crippen LogP contribution in [0.5, 0.6) is 0 Å². The van der Waals surface area contributed by atoms with Crippen LogP contribution in [0.4, 0.5) is 0 Å². The second kappa shape index (κ2) is 4.99. The Labute approximate surface area is 114 Å². The molecule has 4 nitrogen and oxygen atoms in total. The fourth-order valence-electron chi connectivity index (χ4n) is 1.32. The zero-order valence-corrected chi connectivity index (χ0v) is 10.9. The Hall–Kier alpha value is -0.550. The Morgan fingerprint density at radius 2 is 2.33 bits per heavy atom. The molecule has 0 fully saturated rings. The van der Waals surface area contributed by atoms with Crippen LogP contribution >= 0.6 is 11.6 Å². The second-order valence-electron chi connectivity index (χ2n) is 2.93. The summed E-state index contributed by atoms with van der Waals surface area (Å²) in [6.45, 7) is 0. The number of aromatic amines is 1. The molecule has 1 heterocycles.